The summed E-state index contributed by atoms with van der Waals surface area (Å²) in [5, 5.41) is 0.339. The molecule has 1 aliphatic heterocycles. The molecule has 1 nitrogen and oxygen atoms in total. The van der Waals surface area contributed by atoms with Gasteiger partial charge in [-0.3, -0.25) is 0 Å². The Balaban J connectivity index is 1.31. The molecule has 0 amide bonds. The first-order valence-corrected chi connectivity index (χ1v) is 20.5. The molecule has 3 aromatic rings. The monoisotopic (exact) mass is 669 g/mol. The molecule has 0 saturated carbocycles. The van der Waals surface area contributed by atoms with E-state index < -0.39 is 10.0 Å². The summed E-state index contributed by atoms with van der Waals surface area (Å²) < 4.78 is 0. The normalized spacial score (nSPS) is 26.6. The van der Waals surface area contributed by atoms with Gasteiger partial charge in [-0.15, -0.1) is 0 Å². The molecule has 5 unspecified atom stereocenters. The van der Waals surface area contributed by atoms with Crippen molar-refractivity contribution in [1.29, 1.82) is 0 Å². The van der Waals surface area contributed by atoms with Gasteiger partial charge in [-0.25, -0.2) is 0 Å². The fourth-order valence-corrected chi connectivity index (χ4v) is 13.6. The number of allylic oxidation sites excluding steroid dienone is 14. The first-order chi connectivity index (χ1) is 24.8. The number of anilines is 1. The van der Waals surface area contributed by atoms with Crippen molar-refractivity contribution in [2.45, 2.75) is 89.3 Å². The van der Waals surface area contributed by atoms with Crippen molar-refractivity contribution >= 4 is 26.9 Å². The topological polar surface area (TPSA) is 3.24 Å². The lowest BCUT2D eigenvalue weighted by molar-refractivity contribution is 0.512. The van der Waals surface area contributed by atoms with Crippen LogP contribution >= 0.6 is 10.0 Å². The lowest BCUT2D eigenvalue weighted by atomic mass is 9.91. The van der Waals surface area contributed by atoms with Crippen molar-refractivity contribution in [3.63, 3.8) is 0 Å². The first kappa shape index (κ1) is 31.5. The second-order valence-corrected chi connectivity index (χ2v) is 17.8. The van der Waals surface area contributed by atoms with Crippen molar-refractivity contribution in [2.24, 2.45) is 0 Å². The highest BCUT2D eigenvalue weighted by molar-refractivity contribution is 8.34. The summed E-state index contributed by atoms with van der Waals surface area (Å²) in [4.78, 5) is 7.17. The fourth-order valence-electron chi connectivity index (χ4n) is 9.21. The Morgan fingerprint density at radius 2 is 1.52 bits per heavy atom. The van der Waals surface area contributed by atoms with Gasteiger partial charge in [0.1, 0.15) is 0 Å². The predicted molar refractivity (Wildman–Crippen MR) is 215 cm³/mol. The quantitative estimate of drug-likeness (QED) is 0.226. The predicted octanol–water partition coefficient (Wildman–Crippen LogP) is 12.8. The SMILES string of the molecule is C1=CCCC(c2cc(C3=CCCC=C3)cc(S(c3ccccc3)(c3ccc4c(c3)C3C=CC=CC3N4C3CC=CCC3)C3C=CC=CC3)c2)=C1. The lowest BCUT2D eigenvalue weighted by Gasteiger charge is -2.48. The van der Waals surface area contributed by atoms with Crippen LogP contribution in [-0.2, 0) is 0 Å². The number of benzene rings is 3. The zero-order valence-electron chi connectivity index (χ0n) is 28.9. The standard InChI is InChI=1S/C48H47NS/c1-6-18-36(19-7-1)38-32-39(37-20-8-2-9-21-37)34-44(33-38)50(41-24-12-4-13-25-41,42-26-14-5-15-27-42)43-30-31-48-46(35-43)45-28-16-17-29-47(45)49(48)40-22-10-3-11-23-40/h1,3-6,8,10,12-18,20-21,24-26,28-35,40,42,45,47H,2,7,9,11,19,22-23,27H2. The molecule has 0 radical (unpaired) electrons. The Kier molecular flexibility index (Phi) is 8.58. The van der Waals surface area contributed by atoms with E-state index in [1.807, 2.05) is 0 Å². The molecule has 0 N–H and O–H groups in total. The minimum Gasteiger partial charge on any atom is -0.361 e. The highest BCUT2D eigenvalue weighted by Crippen LogP contribution is 2.73. The van der Waals surface area contributed by atoms with E-state index in [0.717, 1.165) is 38.5 Å². The van der Waals surface area contributed by atoms with E-state index in [4.69, 9.17) is 0 Å². The van der Waals surface area contributed by atoms with Gasteiger partial charge < -0.3 is 4.90 Å². The van der Waals surface area contributed by atoms with Gasteiger partial charge >= 0.3 is 0 Å². The number of hydrogen-bond acceptors (Lipinski definition) is 1. The largest absolute Gasteiger partial charge is 0.361 e. The van der Waals surface area contributed by atoms with E-state index in [2.05, 4.69) is 169 Å². The highest BCUT2D eigenvalue weighted by atomic mass is 32.3. The molecule has 1 heterocycles. The van der Waals surface area contributed by atoms with E-state index >= 15 is 0 Å². The van der Waals surface area contributed by atoms with Gasteiger partial charge in [0.2, 0.25) is 0 Å². The van der Waals surface area contributed by atoms with Crippen molar-refractivity contribution in [2.75, 3.05) is 4.90 Å². The van der Waals surface area contributed by atoms with Crippen molar-refractivity contribution in [3.05, 3.63) is 181 Å². The average Bonchev–Trinajstić information content (AvgIpc) is 3.54. The minimum absolute atomic E-state index is 0.339. The van der Waals surface area contributed by atoms with Gasteiger partial charge in [0.05, 0.1) is 6.04 Å². The van der Waals surface area contributed by atoms with E-state index in [1.165, 1.54) is 61.1 Å². The summed E-state index contributed by atoms with van der Waals surface area (Å²) in [5.41, 5.74) is 8.48. The maximum atomic E-state index is 2.78. The van der Waals surface area contributed by atoms with Gasteiger partial charge in [-0.05, 0) is 142 Å². The number of nitrogens with zero attached hydrogens (tertiary/aromatic N) is 1. The van der Waals surface area contributed by atoms with Crippen molar-refractivity contribution in [3.8, 4) is 0 Å². The second-order valence-electron chi connectivity index (χ2n) is 14.5. The minimum atomic E-state index is -1.76. The molecule has 2 heteroatoms. The van der Waals surface area contributed by atoms with Crippen LogP contribution in [0.3, 0.4) is 0 Å². The van der Waals surface area contributed by atoms with Gasteiger partial charge in [0.15, 0.2) is 0 Å². The van der Waals surface area contributed by atoms with Crippen LogP contribution < -0.4 is 4.90 Å². The van der Waals surface area contributed by atoms with Gasteiger partial charge in [0.25, 0.3) is 0 Å². The van der Waals surface area contributed by atoms with Crippen LogP contribution in [0.4, 0.5) is 5.69 Å². The zero-order valence-corrected chi connectivity index (χ0v) is 29.7. The molecule has 0 fully saturated rings. The van der Waals surface area contributed by atoms with Gasteiger partial charge in [-0.2, -0.15) is 10.0 Å². The maximum absolute atomic E-state index is 2.78. The highest BCUT2D eigenvalue weighted by Gasteiger charge is 2.43. The molecule has 6 aliphatic rings. The van der Waals surface area contributed by atoms with E-state index in [-0.39, 0.29) is 0 Å². The summed E-state index contributed by atoms with van der Waals surface area (Å²) in [6.07, 6.45) is 46.8. The van der Waals surface area contributed by atoms with E-state index in [9.17, 15) is 0 Å². The molecule has 5 aliphatic carbocycles. The summed E-state index contributed by atoms with van der Waals surface area (Å²) in [7, 11) is -1.76. The average molecular weight is 670 g/mol. The van der Waals surface area contributed by atoms with Crippen LogP contribution in [0.25, 0.3) is 11.1 Å². The summed E-state index contributed by atoms with van der Waals surface area (Å²) in [5.74, 6) is 0.370. The van der Waals surface area contributed by atoms with Crippen LogP contribution in [0.2, 0.25) is 0 Å². The number of fused-ring (bicyclic) bond motifs is 3. The third-order valence-corrected chi connectivity index (χ3v) is 15.8. The molecule has 0 spiro atoms. The molecular weight excluding hydrogens is 623 g/mol. The molecule has 0 saturated heterocycles. The maximum Gasteiger partial charge on any atom is 0.0583 e. The summed E-state index contributed by atoms with van der Waals surface area (Å²) in [6.45, 7) is 0. The number of hydrogen-bond donors (Lipinski definition) is 0. The van der Waals surface area contributed by atoms with Gasteiger partial charge in [-0.1, -0.05) is 115 Å². The third kappa shape index (κ3) is 5.49. The first-order valence-electron chi connectivity index (χ1n) is 18.8. The molecule has 9 rings (SSSR count). The molecule has 0 bridgehead atoms. The Morgan fingerprint density at radius 1 is 0.620 bits per heavy atom. The Hall–Kier alpha value is -4.53. The molecule has 250 valence electrons. The summed E-state index contributed by atoms with van der Waals surface area (Å²) in [6, 6.07) is 27.9. The molecular formula is C48H47NS. The van der Waals surface area contributed by atoms with E-state index in [1.54, 1.807) is 0 Å². The van der Waals surface area contributed by atoms with Crippen LogP contribution in [0.5, 0.6) is 0 Å². The fraction of sp³-hybridized carbons (Fsp3) is 0.250. The molecule has 0 aromatic heterocycles. The zero-order chi connectivity index (χ0) is 33.3. The molecule has 50 heavy (non-hydrogen) atoms. The van der Waals surface area contributed by atoms with Crippen LogP contribution in [0, 0.1) is 0 Å². The summed E-state index contributed by atoms with van der Waals surface area (Å²) >= 11 is 0. The van der Waals surface area contributed by atoms with Gasteiger partial charge in [0, 0.05) is 22.9 Å². The second kappa shape index (κ2) is 13.6. The van der Waals surface area contributed by atoms with Crippen LogP contribution in [-0.4, -0.2) is 17.3 Å². The molecule has 5 atom stereocenters. The van der Waals surface area contributed by atoms with Crippen molar-refractivity contribution in [1.82, 2.24) is 0 Å². The van der Waals surface area contributed by atoms with Crippen LogP contribution in [0.15, 0.2) is 179 Å². The van der Waals surface area contributed by atoms with Crippen LogP contribution in [0.1, 0.15) is 74.0 Å². The Bertz CT molecular complexity index is 2050. The Morgan fingerprint density at radius 3 is 2.32 bits per heavy atom. The lowest BCUT2D eigenvalue weighted by Crippen LogP contribution is -2.41. The molecule has 3 aromatic carbocycles. The van der Waals surface area contributed by atoms with E-state index in [0.29, 0.717) is 23.3 Å². The smallest absolute Gasteiger partial charge is 0.0583 e. The number of rotatable bonds is 7. The third-order valence-electron chi connectivity index (χ3n) is 11.6. The Labute approximate surface area is 300 Å². The van der Waals surface area contributed by atoms with Crippen molar-refractivity contribution < 1.29 is 0 Å².